The molecule has 1 heterocycles. The van der Waals surface area contributed by atoms with E-state index < -0.39 is 0 Å². The van der Waals surface area contributed by atoms with Crippen LogP contribution in [0, 0.1) is 11.7 Å². The molecule has 0 amide bonds. The second-order valence-electron chi connectivity index (χ2n) is 5.97. The van der Waals surface area contributed by atoms with Crippen molar-refractivity contribution in [2.24, 2.45) is 5.92 Å². The average Bonchev–Trinajstić information content (AvgIpc) is 3.26. The van der Waals surface area contributed by atoms with Gasteiger partial charge in [-0.05, 0) is 42.9 Å². The van der Waals surface area contributed by atoms with Gasteiger partial charge < -0.3 is 5.32 Å². The van der Waals surface area contributed by atoms with E-state index in [4.69, 9.17) is 0 Å². The van der Waals surface area contributed by atoms with Gasteiger partial charge in [0.25, 0.3) is 0 Å². The molecular formula is C16H23FN2. The number of hydrogen-bond acceptors (Lipinski definition) is 2. The second-order valence-corrected chi connectivity index (χ2v) is 5.97. The fraction of sp³-hybridized carbons (Fsp3) is 0.625. The van der Waals surface area contributed by atoms with Crippen molar-refractivity contribution in [1.29, 1.82) is 0 Å². The first-order chi connectivity index (χ1) is 9.26. The predicted octanol–water partition coefficient (Wildman–Crippen LogP) is 2.79. The normalized spacial score (nSPS) is 28.5. The van der Waals surface area contributed by atoms with Crippen LogP contribution in [0.3, 0.4) is 0 Å². The molecule has 19 heavy (non-hydrogen) atoms. The minimum atomic E-state index is -0.146. The zero-order chi connectivity index (χ0) is 13.2. The molecule has 2 aliphatic rings. The minimum absolute atomic E-state index is 0.146. The van der Waals surface area contributed by atoms with Crippen LogP contribution in [0.5, 0.6) is 0 Å². The molecule has 1 N–H and O–H groups in total. The summed E-state index contributed by atoms with van der Waals surface area (Å²) in [7, 11) is 0. The van der Waals surface area contributed by atoms with E-state index in [9.17, 15) is 4.39 Å². The molecular weight excluding hydrogens is 239 g/mol. The first kappa shape index (κ1) is 13.1. The molecule has 3 heteroatoms. The second kappa shape index (κ2) is 5.59. The van der Waals surface area contributed by atoms with Gasteiger partial charge in [0.2, 0.25) is 0 Å². The molecule has 0 radical (unpaired) electrons. The van der Waals surface area contributed by atoms with Crippen LogP contribution in [0.25, 0.3) is 0 Å². The van der Waals surface area contributed by atoms with Gasteiger partial charge in [0.05, 0.1) is 0 Å². The van der Waals surface area contributed by atoms with E-state index in [2.05, 4.69) is 17.1 Å². The Labute approximate surface area is 115 Å². The first-order valence-electron chi connectivity index (χ1n) is 7.48. The van der Waals surface area contributed by atoms with Gasteiger partial charge in [0.15, 0.2) is 0 Å². The lowest BCUT2D eigenvalue weighted by Crippen LogP contribution is -2.56. The highest BCUT2D eigenvalue weighted by atomic mass is 19.1. The van der Waals surface area contributed by atoms with Gasteiger partial charge in [-0.1, -0.05) is 19.1 Å². The molecule has 0 aromatic heterocycles. The van der Waals surface area contributed by atoms with Crippen molar-refractivity contribution < 1.29 is 4.39 Å². The topological polar surface area (TPSA) is 15.3 Å². The summed E-state index contributed by atoms with van der Waals surface area (Å²) in [4.78, 5) is 2.58. The quantitative estimate of drug-likeness (QED) is 0.897. The molecule has 1 aromatic rings. The van der Waals surface area contributed by atoms with Gasteiger partial charge in [0, 0.05) is 31.7 Å². The lowest BCUT2D eigenvalue weighted by atomic mass is 10.0. The van der Waals surface area contributed by atoms with E-state index in [1.54, 1.807) is 12.1 Å². The molecule has 1 aliphatic heterocycles. The van der Waals surface area contributed by atoms with Crippen LogP contribution in [0.2, 0.25) is 0 Å². The van der Waals surface area contributed by atoms with E-state index in [1.807, 2.05) is 12.1 Å². The van der Waals surface area contributed by atoms with Crippen LogP contribution < -0.4 is 5.32 Å². The maximum absolute atomic E-state index is 13.0. The summed E-state index contributed by atoms with van der Waals surface area (Å²) in [6.07, 6.45) is 3.95. The molecule has 1 saturated carbocycles. The molecule has 2 fully saturated rings. The summed E-state index contributed by atoms with van der Waals surface area (Å²) in [6.45, 7) is 5.44. The van der Waals surface area contributed by atoms with Crippen molar-refractivity contribution in [2.45, 2.75) is 44.8 Å². The van der Waals surface area contributed by atoms with Crippen LogP contribution >= 0.6 is 0 Å². The molecule has 3 rings (SSSR count). The number of halogens is 1. The Morgan fingerprint density at radius 1 is 1.26 bits per heavy atom. The Morgan fingerprint density at radius 3 is 2.63 bits per heavy atom. The highest BCUT2D eigenvalue weighted by molar-refractivity contribution is 5.16. The SMILES string of the molecule is CCC1CNC(C2CC2)CN1Cc1ccc(F)cc1. The number of benzene rings is 1. The molecule has 1 aliphatic carbocycles. The van der Waals surface area contributed by atoms with Crippen molar-refractivity contribution in [3.05, 3.63) is 35.6 Å². The lowest BCUT2D eigenvalue weighted by Gasteiger charge is -2.40. The summed E-state index contributed by atoms with van der Waals surface area (Å²) >= 11 is 0. The summed E-state index contributed by atoms with van der Waals surface area (Å²) in [5.74, 6) is 0.750. The van der Waals surface area contributed by atoms with Gasteiger partial charge in [-0.15, -0.1) is 0 Å². The fourth-order valence-corrected chi connectivity index (χ4v) is 3.12. The number of piperazine rings is 1. The van der Waals surface area contributed by atoms with Gasteiger partial charge in [-0.25, -0.2) is 4.39 Å². The monoisotopic (exact) mass is 262 g/mol. The highest BCUT2D eigenvalue weighted by Crippen LogP contribution is 2.34. The number of hydrogen-bond donors (Lipinski definition) is 1. The fourth-order valence-electron chi connectivity index (χ4n) is 3.12. The maximum atomic E-state index is 13.0. The first-order valence-corrected chi connectivity index (χ1v) is 7.48. The summed E-state index contributed by atoms with van der Waals surface area (Å²) < 4.78 is 13.0. The third kappa shape index (κ3) is 3.15. The zero-order valence-electron chi connectivity index (χ0n) is 11.6. The van der Waals surface area contributed by atoms with Crippen LogP contribution in [0.15, 0.2) is 24.3 Å². The molecule has 2 atom stereocenters. The van der Waals surface area contributed by atoms with Gasteiger partial charge in [-0.2, -0.15) is 0 Å². The third-order valence-corrected chi connectivity index (χ3v) is 4.52. The Balaban J connectivity index is 1.66. The van der Waals surface area contributed by atoms with E-state index in [0.29, 0.717) is 12.1 Å². The van der Waals surface area contributed by atoms with Crippen molar-refractivity contribution in [3.63, 3.8) is 0 Å². The standard InChI is InChI=1S/C16H23FN2/c1-2-15-9-18-16(13-5-6-13)11-19(15)10-12-3-7-14(17)8-4-12/h3-4,7-8,13,15-16,18H,2,5-6,9-11H2,1H3. The number of nitrogens with one attached hydrogen (secondary N) is 1. The van der Waals surface area contributed by atoms with Gasteiger partial charge in [0.1, 0.15) is 5.82 Å². The molecule has 0 bridgehead atoms. The number of rotatable bonds is 4. The van der Waals surface area contributed by atoms with Crippen LogP contribution in [0.4, 0.5) is 4.39 Å². The van der Waals surface area contributed by atoms with E-state index >= 15 is 0 Å². The minimum Gasteiger partial charge on any atom is -0.311 e. The molecule has 104 valence electrons. The summed E-state index contributed by atoms with van der Waals surface area (Å²) in [5, 5.41) is 3.71. The van der Waals surface area contributed by atoms with E-state index in [0.717, 1.165) is 25.6 Å². The van der Waals surface area contributed by atoms with Crippen molar-refractivity contribution >= 4 is 0 Å². The summed E-state index contributed by atoms with van der Waals surface area (Å²) in [6, 6.07) is 8.24. The number of nitrogens with zero attached hydrogens (tertiary/aromatic N) is 1. The Hall–Kier alpha value is -0.930. The Kier molecular flexibility index (Phi) is 3.85. The molecule has 2 nitrogen and oxygen atoms in total. The van der Waals surface area contributed by atoms with Crippen LogP contribution in [-0.2, 0) is 6.54 Å². The average molecular weight is 262 g/mol. The molecule has 1 aromatic carbocycles. The predicted molar refractivity (Wildman–Crippen MR) is 75.4 cm³/mol. The van der Waals surface area contributed by atoms with E-state index in [1.165, 1.54) is 24.8 Å². The summed E-state index contributed by atoms with van der Waals surface area (Å²) in [5.41, 5.74) is 1.22. The van der Waals surface area contributed by atoms with E-state index in [-0.39, 0.29) is 5.82 Å². The maximum Gasteiger partial charge on any atom is 0.123 e. The molecule has 2 unspecified atom stereocenters. The van der Waals surface area contributed by atoms with Crippen molar-refractivity contribution in [2.75, 3.05) is 13.1 Å². The smallest absolute Gasteiger partial charge is 0.123 e. The largest absolute Gasteiger partial charge is 0.311 e. The highest BCUT2D eigenvalue weighted by Gasteiger charge is 2.36. The van der Waals surface area contributed by atoms with Gasteiger partial charge in [-0.3, -0.25) is 4.90 Å². The molecule has 1 saturated heterocycles. The molecule has 0 spiro atoms. The third-order valence-electron chi connectivity index (χ3n) is 4.52. The van der Waals surface area contributed by atoms with Gasteiger partial charge >= 0.3 is 0 Å². The zero-order valence-corrected chi connectivity index (χ0v) is 11.6. The van der Waals surface area contributed by atoms with Crippen LogP contribution in [0.1, 0.15) is 31.7 Å². The lowest BCUT2D eigenvalue weighted by molar-refractivity contribution is 0.112. The van der Waals surface area contributed by atoms with Crippen molar-refractivity contribution in [3.8, 4) is 0 Å². The Bertz CT molecular complexity index is 413. The van der Waals surface area contributed by atoms with Crippen molar-refractivity contribution in [1.82, 2.24) is 10.2 Å². The van der Waals surface area contributed by atoms with Crippen LogP contribution in [-0.4, -0.2) is 30.1 Å². The Morgan fingerprint density at radius 2 is 2.00 bits per heavy atom.